The minimum atomic E-state index is -1.22. The molecule has 0 radical (unpaired) electrons. The molecule has 0 spiro atoms. The topological polar surface area (TPSA) is 72.3 Å². The van der Waals surface area contributed by atoms with Crippen LogP contribution in [0.4, 0.5) is 8.78 Å². The number of ether oxygens (including phenoxy) is 1. The Balaban J connectivity index is 2.24. The highest BCUT2D eigenvalue weighted by Crippen LogP contribution is 2.29. The van der Waals surface area contributed by atoms with Crippen LogP contribution in [0.15, 0.2) is 29.1 Å². The standard InChI is InChI=1S/C12H7BrF2N2O3/c13-8-1-6(14)2-9(15)11(8)20-4-10-7(12(18)19)3-16-5-17-10/h1-3,5H,4H2,(H,18,19). The van der Waals surface area contributed by atoms with Gasteiger partial charge >= 0.3 is 5.97 Å². The Morgan fingerprint density at radius 2 is 2.15 bits per heavy atom. The van der Waals surface area contributed by atoms with Crippen LogP contribution in [0.1, 0.15) is 16.1 Å². The highest BCUT2D eigenvalue weighted by molar-refractivity contribution is 9.10. The number of benzene rings is 1. The summed E-state index contributed by atoms with van der Waals surface area (Å²) in [7, 11) is 0. The van der Waals surface area contributed by atoms with Crippen molar-refractivity contribution in [2.45, 2.75) is 6.61 Å². The second-order valence-corrected chi connectivity index (χ2v) is 4.53. The van der Waals surface area contributed by atoms with Gasteiger partial charge < -0.3 is 9.84 Å². The molecule has 0 aliphatic heterocycles. The number of hydrogen-bond donors (Lipinski definition) is 1. The zero-order valence-electron chi connectivity index (χ0n) is 9.81. The average molecular weight is 345 g/mol. The molecule has 0 amide bonds. The number of hydrogen-bond acceptors (Lipinski definition) is 4. The van der Waals surface area contributed by atoms with Gasteiger partial charge in [0.05, 0.1) is 10.2 Å². The molecule has 0 unspecified atom stereocenters. The molecular weight excluding hydrogens is 338 g/mol. The first kappa shape index (κ1) is 14.3. The van der Waals surface area contributed by atoms with Crippen LogP contribution in [0, 0.1) is 11.6 Å². The third-order valence-corrected chi connectivity index (χ3v) is 2.93. The third kappa shape index (κ3) is 3.08. The zero-order valence-corrected chi connectivity index (χ0v) is 11.4. The molecule has 0 fully saturated rings. The van der Waals surface area contributed by atoms with E-state index in [1.165, 1.54) is 0 Å². The van der Waals surface area contributed by atoms with Crippen molar-refractivity contribution in [3.05, 3.63) is 52.0 Å². The van der Waals surface area contributed by atoms with Crippen LogP contribution in [-0.2, 0) is 6.61 Å². The number of rotatable bonds is 4. The number of halogens is 3. The summed E-state index contributed by atoms with van der Waals surface area (Å²) >= 11 is 2.96. The summed E-state index contributed by atoms with van der Waals surface area (Å²) in [5.74, 6) is -3.10. The molecule has 20 heavy (non-hydrogen) atoms. The fraction of sp³-hybridized carbons (Fsp3) is 0.0833. The lowest BCUT2D eigenvalue weighted by Gasteiger charge is -2.10. The first-order chi connectivity index (χ1) is 9.49. The van der Waals surface area contributed by atoms with Gasteiger partial charge in [0.15, 0.2) is 11.6 Å². The zero-order chi connectivity index (χ0) is 14.7. The van der Waals surface area contributed by atoms with Crippen LogP contribution in [-0.4, -0.2) is 21.0 Å². The Kier molecular flexibility index (Phi) is 4.23. The number of carbonyl (C=O) groups is 1. The van der Waals surface area contributed by atoms with E-state index in [2.05, 4.69) is 25.9 Å². The Morgan fingerprint density at radius 3 is 2.80 bits per heavy atom. The van der Waals surface area contributed by atoms with Crippen molar-refractivity contribution in [3.8, 4) is 5.75 Å². The summed E-state index contributed by atoms with van der Waals surface area (Å²) in [5.41, 5.74) is -0.0609. The normalized spacial score (nSPS) is 10.3. The molecule has 1 aromatic carbocycles. The van der Waals surface area contributed by atoms with E-state index in [0.29, 0.717) is 6.07 Å². The quantitative estimate of drug-likeness (QED) is 0.923. The monoisotopic (exact) mass is 344 g/mol. The van der Waals surface area contributed by atoms with Gasteiger partial charge in [-0.05, 0) is 22.0 Å². The number of aromatic nitrogens is 2. The highest BCUT2D eigenvalue weighted by Gasteiger charge is 2.15. The van der Waals surface area contributed by atoms with Crippen molar-refractivity contribution in [1.29, 1.82) is 0 Å². The molecule has 1 heterocycles. The summed E-state index contributed by atoms with van der Waals surface area (Å²) < 4.78 is 31.7. The number of carboxylic acid groups (broad SMARTS) is 1. The lowest BCUT2D eigenvalue weighted by Crippen LogP contribution is -2.09. The molecule has 0 atom stereocenters. The molecule has 2 rings (SSSR count). The van der Waals surface area contributed by atoms with Gasteiger partial charge in [0.2, 0.25) is 0 Å². The van der Waals surface area contributed by atoms with Crippen molar-refractivity contribution >= 4 is 21.9 Å². The van der Waals surface area contributed by atoms with Gasteiger partial charge in [0.25, 0.3) is 0 Å². The highest BCUT2D eigenvalue weighted by atomic mass is 79.9. The maximum atomic E-state index is 13.5. The number of aromatic carboxylic acids is 1. The minimum absolute atomic E-state index is 0.0842. The molecule has 0 saturated heterocycles. The summed E-state index contributed by atoms with van der Waals surface area (Å²) in [6, 6.07) is 1.70. The van der Waals surface area contributed by atoms with Crippen molar-refractivity contribution < 1.29 is 23.4 Å². The predicted molar refractivity (Wildman–Crippen MR) is 67.4 cm³/mol. The molecule has 1 N–H and O–H groups in total. The van der Waals surface area contributed by atoms with E-state index < -0.39 is 17.6 Å². The van der Waals surface area contributed by atoms with Gasteiger partial charge in [-0.1, -0.05) is 0 Å². The smallest absolute Gasteiger partial charge is 0.339 e. The van der Waals surface area contributed by atoms with Crippen molar-refractivity contribution in [3.63, 3.8) is 0 Å². The van der Waals surface area contributed by atoms with Gasteiger partial charge in [0.1, 0.15) is 24.3 Å². The van der Waals surface area contributed by atoms with Gasteiger partial charge in [-0.15, -0.1) is 0 Å². The van der Waals surface area contributed by atoms with Crippen LogP contribution in [0.25, 0.3) is 0 Å². The van der Waals surface area contributed by atoms with E-state index in [1.807, 2.05) is 0 Å². The molecule has 0 aliphatic carbocycles. The van der Waals surface area contributed by atoms with E-state index in [0.717, 1.165) is 18.6 Å². The lowest BCUT2D eigenvalue weighted by molar-refractivity contribution is 0.0692. The first-order valence-corrected chi connectivity index (χ1v) is 6.08. The summed E-state index contributed by atoms with van der Waals surface area (Å²) in [6.07, 6.45) is 2.27. The van der Waals surface area contributed by atoms with E-state index in [-0.39, 0.29) is 28.1 Å². The van der Waals surface area contributed by atoms with E-state index in [9.17, 15) is 13.6 Å². The SMILES string of the molecule is O=C(O)c1cncnc1COc1c(F)cc(F)cc1Br. The Morgan fingerprint density at radius 1 is 1.40 bits per heavy atom. The Hall–Kier alpha value is -2.09. The Labute approximate surface area is 120 Å². The third-order valence-electron chi connectivity index (χ3n) is 2.34. The number of carboxylic acids is 1. The summed E-state index contributed by atoms with van der Waals surface area (Å²) in [4.78, 5) is 18.3. The first-order valence-electron chi connectivity index (χ1n) is 5.28. The molecule has 5 nitrogen and oxygen atoms in total. The molecule has 8 heteroatoms. The van der Waals surface area contributed by atoms with Crippen molar-refractivity contribution in [2.75, 3.05) is 0 Å². The maximum absolute atomic E-state index is 13.5. The fourth-order valence-electron chi connectivity index (χ4n) is 1.46. The van der Waals surface area contributed by atoms with Crippen molar-refractivity contribution in [1.82, 2.24) is 9.97 Å². The molecular formula is C12H7BrF2N2O3. The van der Waals surface area contributed by atoms with E-state index in [1.54, 1.807) is 0 Å². The summed E-state index contributed by atoms with van der Waals surface area (Å²) in [5, 5.41) is 8.94. The van der Waals surface area contributed by atoms with Crippen LogP contribution in [0.2, 0.25) is 0 Å². The fourth-order valence-corrected chi connectivity index (χ4v) is 1.98. The molecule has 0 bridgehead atoms. The van der Waals surface area contributed by atoms with E-state index in [4.69, 9.17) is 9.84 Å². The largest absolute Gasteiger partial charge is 0.483 e. The molecule has 1 aromatic heterocycles. The van der Waals surface area contributed by atoms with Gasteiger partial charge in [-0.2, -0.15) is 0 Å². The molecule has 0 saturated carbocycles. The van der Waals surface area contributed by atoms with Crippen LogP contribution in [0.5, 0.6) is 5.75 Å². The molecule has 104 valence electrons. The maximum Gasteiger partial charge on any atom is 0.339 e. The number of nitrogens with zero attached hydrogens (tertiary/aromatic N) is 2. The lowest BCUT2D eigenvalue weighted by atomic mass is 10.2. The molecule has 2 aromatic rings. The van der Waals surface area contributed by atoms with Crippen LogP contribution < -0.4 is 4.74 Å². The van der Waals surface area contributed by atoms with Crippen LogP contribution in [0.3, 0.4) is 0 Å². The second-order valence-electron chi connectivity index (χ2n) is 3.68. The van der Waals surface area contributed by atoms with Crippen LogP contribution >= 0.6 is 15.9 Å². The van der Waals surface area contributed by atoms with Gasteiger partial charge in [-0.3, -0.25) is 0 Å². The van der Waals surface area contributed by atoms with E-state index >= 15 is 0 Å². The molecule has 0 aliphatic rings. The average Bonchev–Trinajstić information content (AvgIpc) is 2.37. The minimum Gasteiger partial charge on any atom is -0.483 e. The second kappa shape index (κ2) is 5.91. The van der Waals surface area contributed by atoms with Gasteiger partial charge in [0, 0.05) is 12.3 Å². The summed E-state index contributed by atoms with van der Waals surface area (Å²) in [6.45, 7) is -0.286. The Bertz CT molecular complexity index is 644. The van der Waals surface area contributed by atoms with Gasteiger partial charge in [-0.25, -0.2) is 23.5 Å². The predicted octanol–water partition coefficient (Wildman–Crippen LogP) is 2.79. The van der Waals surface area contributed by atoms with Crippen molar-refractivity contribution in [2.24, 2.45) is 0 Å².